The van der Waals surface area contributed by atoms with E-state index in [0.29, 0.717) is 5.56 Å². The normalized spacial score (nSPS) is 21.5. The highest BCUT2D eigenvalue weighted by Crippen LogP contribution is 2.19. The van der Waals surface area contributed by atoms with Gasteiger partial charge in [0.05, 0.1) is 6.04 Å². The molecule has 1 atom stereocenters. The zero-order valence-corrected chi connectivity index (χ0v) is 10.9. The van der Waals surface area contributed by atoms with Gasteiger partial charge in [0.2, 0.25) is 0 Å². The van der Waals surface area contributed by atoms with E-state index < -0.39 is 0 Å². The maximum atomic E-state index is 13.3. The Balaban J connectivity index is 2.23. The molecule has 1 aliphatic heterocycles. The Labute approximate surface area is 105 Å². The fraction of sp³-hybridized carbons (Fsp3) is 0.462. The Hall–Kier alpha value is -0.870. The SMILES string of the molecule is Cc1cc(F)cc(C(=O)C2CSCCN2C)c1. The summed E-state index contributed by atoms with van der Waals surface area (Å²) in [5.74, 6) is 1.55. The minimum absolute atomic E-state index is 0.0299. The van der Waals surface area contributed by atoms with E-state index in [-0.39, 0.29) is 17.6 Å². The van der Waals surface area contributed by atoms with Gasteiger partial charge in [-0.15, -0.1) is 0 Å². The molecule has 0 aromatic heterocycles. The predicted molar refractivity (Wildman–Crippen MR) is 69.2 cm³/mol. The zero-order chi connectivity index (χ0) is 12.4. The van der Waals surface area contributed by atoms with Gasteiger partial charge in [-0.1, -0.05) is 0 Å². The van der Waals surface area contributed by atoms with E-state index in [1.807, 2.05) is 7.05 Å². The van der Waals surface area contributed by atoms with Crippen LogP contribution in [0.1, 0.15) is 15.9 Å². The van der Waals surface area contributed by atoms with Crippen LogP contribution in [-0.2, 0) is 0 Å². The molecule has 0 saturated carbocycles. The maximum Gasteiger partial charge on any atom is 0.180 e. The summed E-state index contributed by atoms with van der Waals surface area (Å²) in [6.45, 7) is 2.72. The Morgan fingerprint density at radius 1 is 1.47 bits per heavy atom. The number of hydrogen-bond acceptors (Lipinski definition) is 3. The molecule has 1 aromatic rings. The van der Waals surface area contributed by atoms with Gasteiger partial charge in [0.25, 0.3) is 0 Å². The number of benzene rings is 1. The average Bonchev–Trinajstić information content (AvgIpc) is 2.27. The summed E-state index contributed by atoms with van der Waals surface area (Å²) in [6, 6.07) is 4.42. The largest absolute Gasteiger partial charge is 0.295 e. The Morgan fingerprint density at radius 2 is 2.24 bits per heavy atom. The van der Waals surface area contributed by atoms with Crippen molar-refractivity contribution in [2.75, 3.05) is 25.1 Å². The van der Waals surface area contributed by atoms with Gasteiger partial charge in [-0.3, -0.25) is 9.69 Å². The first-order valence-electron chi connectivity index (χ1n) is 5.67. The molecule has 0 radical (unpaired) electrons. The quantitative estimate of drug-likeness (QED) is 0.755. The van der Waals surface area contributed by atoms with E-state index in [2.05, 4.69) is 4.90 Å². The Bertz CT molecular complexity index is 415. The number of carbonyl (C=O) groups is 1. The van der Waals surface area contributed by atoms with Crippen LogP contribution in [0.5, 0.6) is 0 Å². The number of Topliss-reactive ketones (excluding diaryl/α,β-unsaturated/α-hetero) is 1. The molecular formula is C13H16FNOS. The van der Waals surface area contributed by atoms with Crippen molar-refractivity contribution in [2.24, 2.45) is 0 Å². The van der Waals surface area contributed by atoms with Crippen LogP contribution in [0, 0.1) is 12.7 Å². The first-order chi connectivity index (χ1) is 8.08. The van der Waals surface area contributed by atoms with Crippen molar-refractivity contribution in [3.63, 3.8) is 0 Å². The van der Waals surface area contributed by atoms with Crippen LogP contribution in [0.4, 0.5) is 4.39 Å². The van der Waals surface area contributed by atoms with Gasteiger partial charge >= 0.3 is 0 Å². The van der Waals surface area contributed by atoms with Gasteiger partial charge in [-0.2, -0.15) is 11.8 Å². The molecule has 0 spiro atoms. The Kier molecular flexibility index (Phi) is 3.84. The highest BCUT2D eigenvalue weighted by molar-refractivity contribution is 7.99. The van der Waals surface area contributed by atoms with E-state index in [0.717, 1.165) is 23.6 Å². The van der Waals surface area contributed by atoms with Crippen molar-refractivity contribution >= 4 is 17.5 Å². The minimum Gasteiger partial charge on any atom is -0.295 e. The Morgan fingerprint density at radius 3 is 2.88 bits per heavy atom. The summed E-state index contributed by atoms with van der Waals surface area (Å²) in [6.07, 6.45) is 0. The van der Waals surface area contributed by atoms with Crippen molar-refractivity contribution in [2.45, 2.75) is 13.0 Å². The molecule has 0 amide bonds. The third-order valence-electron chi connectivity index (χ3n) is 3.03. The molecule has 0 aliphatic carbocycles. The summed E-state index contributed by atoms with van der Waals surface area (Å²) in [5.41, 5.74) is 1.28. The van der Waals surface area contributed by atoms with Gasteiger partial charge in [-0.25, -0.2) is 4.39 Å². The van der Waals surface area contributed by atoms with Crippen molar-refractivity contribution in [1.29, 1.82) is 0 Å². The number of aryl methyl sites for hydroxylation is 1. The van der Waals surface area contributed by atoms with Gasteiger partial charge in [0.1, 0.15) is 5.82 Å². The van der Waals surface area contributed by atoms with Crippen LogP contribution in [-0.4, -0.2) is 41.8 Å². The lowest BCUT2D eigenvalue weighted by Gasteiger charge is -2.30. The molecule has 1 aromatic carbocycles. The summed E-state index contributed by atoms with van der Waals surface area (Å²) in [5, 5.41) is 0. The van der Waals surface area contributed by atoms with Crippen LogP contribution in [0.3, 0.4) is 0 Å². The number of nitrogens with zero attached hydrogens (tertiary/aromatic N) is 1. The summed E-state index contributed by atoms with van der Waals surface area (Å²) in [4.78, 5) is 14.3. The van der Waals surface area contributed by atoms with Crippen molar-refractivity contribution < 1.29 is 9.18 Å². The second-order valence-electron chi connectivity index (χ2n) is 4.45. The highest BCUT2D eigenvalue weighted by Gasteiger charge is 2.27. The third kappa shape index (κ3) is 2.87. The topological polar surface area (TPSA) is 20.3 Å². The standard InChI is InChI=1S/C13H16FNOS/c1-9-5-10(7-11(14)6-9)13(16)12-8-17-4-3-15(12)2/h5-7,12H,3-4,8H2,1-2H3. The number of rotatable bonds is 2. The van der Waals surface area contributed by atoms with E-state index in [4.69, 9.17) is 0 Å². The molecule has 92 valence electrons. The smallest absolute Gasteiger partial charge is 0.180 e. The van der Waals surface area contributed by atoms with Crippen LogP contribution in [0.15, 0.2) is 18.2 Å². The number of hydrogen-bond donors (Lipinski definition) is 0. The number of likely N-dealkylation sites (N-methyl/N-ethyl adjacent to an activating group) is 1. The molecule has 4 heteroatoms. The molecule has 1 fully saturated rings. The van der Waals surface area contributed by atoms with Crippen LogP contribution >= 0.6 is 11.8 Å². The van der Waals surface area contributed by atoms with Crippen LogP contribution < -0.4 is 0 Å². The number of carbonyl (C=O) groups excluding carboxylic acids is 1. The monoisotopic (exact) mass is 253 g/mol. The molecule has 2 nitrogen and oxygen atoms in total. The first kappa shape index (κ1) is 12.6. The second kappa shape index (κ2) is 5.19. The third-order valence-corrected chi connectivity index (χ3v) is 4.05. The molecule has 2 rings (SSSR count). The minimum atomic E-state index is -0.334. The lowest BCUT2D eigenvalue weighted by Crippen LogP contribution is -2.44. The number of halogens is 1. The lowest BCUT2D eigenvalue weighted by atomic mass is 10.0. The molecule has 1 saturated heterocycles. The average molecular weight is 253 g/mol. The van der Waals surface area contributed by atoms with Crippen molar-refractivity contribution in [3.05, 3.63) is 35.1 Å². The fourth-order valence-electron chi connectivity index (χ4n) is 2.03. The van der Waals surface area contributed by atoms with Gasteiger partial charge in [0.15, 0.2) is 5.78 Å². The van der Waals surface area contributed by atoms with Crippen LogP contribution in [0.25, 0.3) is 0 Å². The highest BCUT2D eigenvalue weighted by atomic mass is 32.2. The molecular weight excluding hydrogens is 237 g/mol. The maximum absolute atomic E-state index is 13.3. The van der Waals surface area contributed by atoms with Crippen molar-refractivity contribution in [1.82, 2.24) is 4.90 Å². The van der Waals surface area contributed by atoms with E-state index in [9.17, 15) is 9.18 Å². The predicted octanol–water partition coefficient (Wildman–Crippen LogP) is 2.36. The van der Waals surface area contributed by atoms with Gasteiger partial charge in [-0.05, 0) is 37.7 Å². The van der Waals surface area contributed by atoms with Crippen molar-refractivity contribution in [3.8, 4) is 0 Å². The molecule has 1 aliphatic rings. The van der Waals surface area contributed by atoms with E-state index in [1.165, 1.54) is 12.1 Å². The van der Waals surface area contributed by atoms with Gasteiger partial charge < -0.3 is 0 Å². The molecule has 0 N–H and O–H groups in total. The van der Waals surface area contributed by atoms with E-state index >= 15 is 0 Å². The zero-order valence-electron chi connectivity index (χ0n) is 10.1. The lowest BCUT2D eigenvalue weighted by molar-refractivity contribution is 0.0874. The van der Waals surface area contributed by atoms with E-state index in [1.54, 1.807) is 24.8 Å². The summed E-state index contributed by atoms with van der Waals surface area (Å²) in [7, 11) is 1.95. The number of ketones is 1. The first-order valence-corrected chi connectivity index (χ1v) is 6.83. The van der Waals surface area contributed by atoms with Crippen LogP contribution in [0.2, 0.25) is 0 Å². The fourth-order valence-corrected chi connectivity index (χ4v) is 3.25. The molecule has 17 heavy (non-hydrogen) atoms. The van der Waals surface area contributed by atoms with Gasteiger partial charge in [0, 0.05) is 23.6 Å². The summed E-state index contributed by atoms with van der Waals surface area (Å²) < 4.78 is 13.3. The second-order valence-corrected chi connectivity index (χ2v) is 5.60. The number of thioether (sulfide) groups is 1. The summed E-state index contributed by atoms with van der Waals surface area (Å²) >= 11 is 1.78. The molecule has 1 heterocycles. The molecule has 0 bridgehead atoms. The molecule has 1 unspecified atom stereocenters.